The molecule has 2 heterocycles. The number of para-hydroxylation sites is 1. The molecule has 2 aromatic carbocycles. The molecule has 0 atom stereocenters. The van der Waals surface area contributed by atoms with Gasteiger partial charge < -0.3 is 0 Å². The minimum absolute atomic E-state index is 0.0246. The maximum Gasteiger partial charge on any atom is 0.266 e. The predicted molar refractivity (Wildman–Crippen MR) is 103 cm³/mol. The van der Waals surface area contributed by atoms with Crippen LogP contribution in [0.15, 0.2) is 72.0 Å². The van der Waals surface area contributed by atoms with Crippen molar-refractivity contribution in [2.75, 3.05) is 4.72 Å². The molecule has 0 spiro atoms. The lowest BCUT2D eigenvalue weighted by atomic mass is 10.1. The lowest BCUT2D eigenvalue weighted by molar-refractivity contribution is 0.601. The highest BCUT2D eigenvalue weighted by Gasteiger charge is 2.20. The molecule has 8 heteroatoms. The molecule has 1 N–H and O–H groups in total. The summed E-state index contributed by atoms with van der Waals surface area (Å²) in [7, 11) is -3.86. The quantitative estimate of drug-likeness (QED) is 0.576. The molecule has 7 nitrogen and oxygen atoms in total. The molecular formula is C19H17N5O2S. The molecule has 0 bridgehead atoms. The summed E-state index contributed by atoms with van der Waals surface area (Å²) in [5, 5.41) is 4.98. The summed E-state index contributed by atoms with van der Waals surface area (Å²) in [6, 6.07) is 16.5. The van der Waals surface area contributed by atoms with Gasteiger partial charge >= 0.3 is 0 Å². The molecule has 0 aliphatic heterocycles. The van der Waals surface area contributed by atoms with Crippen LogP contribution < -0.4 is 4.72 Å². The van der Waals surface area contributed by atoms with Gasteiger partial charge in [-0.25, -0.2) is 17.8 Å². The predicted octanol–water partition coefficient (Wildman–Crippen LogP) is 2.98. The van der Waals surface area contributed by atoms with Crippen molar-refractivity contribution in [1.82, 2.24) is 19.7 Å². The van der Waals surface area contributed by atoms with Gasteiger partial charge in [-0.3, -0.25) is 4.98 Å². The molecule has 27 heavy (non-hydrogen) atoms. The Labute approximate surface area is 156 Å². The minimum Gasteiger partial charge on any atom is -0.255 e. The van der Waals surface area contributed by atoms with E-state index in [1.807, 2.05) is 43.3 Å². The van der Waals surface area contributed by atoms with Crippen LogP contribution in [0.25, 0.3) is 10.9 Å². The first kappa shape index (κ1) is 17.2. The van der Waals surface area contributed by atoms with Crippen LogP contribution in [0.2, 0.25) is 0 Å². The first-order valence-corrected chi connectivity index (χ1v) is 9.82. The highest BCUT2D eigenvalue weighted by Crippen LogP contribution is 2.22. The number of hydrogen-bond donors (Lipinski definition) is 1. The fourth-order valence-electron chi connectivity index (χ4n) is 2.85. The number of sulfonamides is 1. The van der Waals surface area contributed by atoms with Crippen molar-refractivity contribution < 1.29 is 8.42 Å². The standard InChI is InChI=1S/C19H17N5O2S/c1-14-6-2-3-7-16(14)12-24-13-21-19(22-24)23-27(25,26)17-10-4-8-15-9-5-11-20-18(15)17/h2-11,13H,12H2,1H3,(H,22,23). The Hall–Kier alpha value is -3.26. The van der Waals surface area contributed by atoms with E-state index in [1.165, 1.54) is 12.4 Å². The Morgan fingerprint density at radius 2 is 1.81 bits per heavy atom. The van der Waals surface area contributed by atoms with E-state index in [9.17, 15) is 8.42 Å². The van der Waals surface area contributed by atoms with E-state index in [-0.39, 0.29) is 10.8 Å². The Bertz CT molecular complexity index is 1210. The molecule has 0 saturated carbocycles. The molecular weight excluding hydrogens is 362 g/mol. The highest BCUT2D eigenvalue weighted by atomic mass is 32.2. The number of rotatable bonds is 5. The lowest BCUT2D eigenvalue weighted by Crippen LogP contribution is -2.15. The first-order chi connectivity index (χ1) is 13.0. The third-order valence-corrected chi connectivity index (χ3v) is 5.60. The van der Waals surface area contributed by atoms with Gasteiger partial charge in [-0.15, -0.1) is 5.10 Å². The van der Waals surface area contributed by atoms with Crippen molar-refractivity contribution >= 4 is 26.9 Å². The minimum atomic E-state index is -3.86. The number of anilines is 1. The number of fused-ring (bicyclic) bond motifs is 1. The Morgan fingerprint density at radius 1 is 1.00 bits per heavy atom. The van der Waals surface area contributed by atoms with Crippen LogP contribution in [0.1, 0.15) is 11.1 Å². The first-order valence-electron chi connectivity index (χ1n) is 8.33. The van der Waals surface area contributed by atoms with Crippen LogP contribution >= 0.6 is 0 Å². The molecule has 0 amide bonds. The summed E-state index contributed by atoms with van der Waals surface area (Å²) in [6.07, 6.45) is 3.07. The lowest BCUT2D eigenvalue weighted by Gasteiger charge is -2.07. The van der Waals surface area contributed by atoms with Crippen LogP contribution in [-0.4, -0.2) is 28.2 Å². The SMILES string of the molecule is Cc1ccccc1Cn1cnc(NS(=O)(=O)c2cccc3cccnc23)n1. The van der Waals surface area contributed by atoms with E-state index >= 15 is 0 Å². The van der Waals surface area contributed by atoms with Crippen LogP contribution in [-0.2, 0) is 16.6 Å². The van der Waals surface area contributed by atoms with Crippen LogP contribution in [0.3, 0.4) is 0 Å². The Balaban J connectivity index is 1.60. The second-order valence-corrected chi connectivity index (χ2v) is 7.78. The number of benzene rings is 2. The van der Waals surface area contributed by atoms with E-state index in [0.717, 1.165) is 16.5 Å². The van der Waals surface area contributed by atoms with Gasteiger partial charge in [-0.2, -0.15) is 4.98 Å². The summed E-state index contributed by atoms with van der Waals surface area (Å²) in [4.78, 5) is 8.36. The number of nitrogens with zero attached hydrogens (tertiary/aromatic N) is 4. The second kappa shape index (κ2) is 6.81. The van der Waals surface area contributed by atoms with Gasteiger partial charge in [0.1, 0.15) is 11.2 Å². The number of pyridine rings is 1. The normalized spacial score (nSPS) is 11.6. The van der Waals surface area contributed by atoms with E-state index in [2.05, 4.69) is 19.8 Å². The average Bonchev–Trinajstić information content (AvgIpc) is 3.09. The molecule has 4 rings (SSSR count). The van der Waals surface area contributed by atoms with Crippen LogP contribution in [0.5, 0.6) is 0 Å². The molecule has 2 aromatic heterocycles. The zero-order chi connectivity index (χ0) is 18.9. The van der Waals surface area contributed by atoms with Gasteiger partial charge in [0.15, 0.2) is 0 Å². The van der Waals surface area contributed by atoms with Gasteiger partial charge in [-0.05, 0) is 30.2 Å². The largest absolute Gasteiger partial charge is 0.266 e. The van der Waals surface area contributed by atoms with E-state index < -0.39 is 10.0 Å². The zero-order valence-electron chi connectivity index (χ0n) is 14.6. The maximum atomic E-state index is 12.8. The molecule has 0 fully saturated rings. The maximum absolute atomic E-state index is 12.8. The second-order valence-electron chi connectivity index (χ2n) is 6.13. The van der Waals surface area contributed by atoms with Gasteiger partial charge in [0.25, 0.3) is 16.0 Å². The Kier molecular flexibility index (Phi) is 4.33. The third kappa shape index (κ3) is 3.52. The van der Waals surface area contributed by atoms with Crippen molar-refractivity contribution in [3.8, 4) is 0 Å². The van der Waals surface area contributed by atoms with Gasteiger partial charge in [0, 0.05) is 11.6 Å². The van der Waals surface area contributed by atoms with E-state index in [4.69, 9.17) is 0 Å². The van der Waals surface area contributed by atoms with Crippen LogP contribution in [0.4, 0.5) is 5.95 Å². The highest BCUT2D eigenvalue weighted by molar-refractivity contribution is 7.93. The topological polar surface area (TPSA) is 89.8 Å². The van der Waals surface area contributed by atoms with E-state index in [1.54, 1.807) is 23.0 Å². The number of aromatic nitrogens is 4. The molecule has 0 radical (unpaired) electrons. The van der Waals surface area contributed by atoms with Gasteiger partial charge in [-0.1, -0.05) is 42.5 Å². The summed E-state index contributed by atoms with van der Waals surface area (Å²) in [5.74, 6) is 0.0246. The average molecular weight is 379 g/mol. The molecule has 4 aromatic rings. The van der Waals surface area contributed by atoms with Crippen LogP contribution in [0, 0.1) is 6.92 Å². The molecule has 0 aliphatic rings. The third-order valence-electron chi connectivity index (χ3n) is 4.24. The number of aryl methyl sites for hydroxylation is 1. The van der Waals surface area contributed by atoms with Crippen molar-refractivity contribution in [3.05, 3.63) is 78.2 Å². The fraction of sp³-hybridized carbons (Fsp3) is 0.105. The number of hydrogen-bond acceptors (Lipinski definition) is 5. The monoisotopic (exact) mass is 379 g/mol. The summed E-state index contributed by atoms with van der Waals surface area (Å²) >= 11 is 0. The van der Waals surface area contributed by atoms with E-state index in [0.29, 0.717) is 12.1 Å². The van der Waals surface area contributed by atoms with Crippen molar-refractivity contribution in [3.63, 3.8) is 0 Å². The molecule has 0 aliphatic carbocycles. The molecule has 0 unspecified atom stereocenters. The summed E-state index contributed by atoms with van der Waals surface area (Å²) in [6.45, 7) is 2.53. The molecule has 0 saturated heterocycles. The van der Waals surface area contributed by atoms with Crippen molar-refractivity contribution in [2.24, 2.45) is 0 Å². The smallest absolute Gasteiger partial charge is 0.255 e. The molecule has 136 valence electrons. The summed E-state index contributed by atoms with van der Waals surface area (Å²) < 4.78 is 29.6. The number of nitrogens with one attached hydrogen (secondary N) is 1. The van der Waals surface area contributed by atoms with Gasteiger partial charge in [0.05, 0.1) is 12.1 Å². The van der Waals surface area contributed by atoms with Gasteiger partial charge in [0.2, 0.25) is 0 Å². The summed E-state index contributed by atoms with van der Waals surface area (Å²) in [5.41, 5.74) is 2.64. The Morgan fingerprint density at radius 3 is 2.67 bits per heavy atom. The zero-order valence-corrected chi connectivity index (χ0v) is 15.4. The van der Waals surface area contributed by atoms with Crippen molar-refractivity contribution in [1.29, 1.82) is 0 Å². The fourth-order valence-corrected chi connectivity index (χ4v) is 3.97. The van der Waals surface area contributed by atoms with Crippen molar-refractivity contribution in [2.45, 2.75) is 18.4 Å².